The van der Waals surface area contributed by atoms with Crippen LogP contribution >= 0.6 is 0 Å². The Morgan fingerprint density at radius 3 is 2.60 bits per heavy atom. The van der Waals surface area contributed by atoms with Crippen LogP contribution in [-0.2, 0) is 4.79 Å². The second kappa shape index (κ2) is 4.97. The minimum atomic E-state index is 0.877. The van der Waals surface area contributed by atoms with Gasteiger partial charge in [-0.1, -0.05) is 13.3 Å². The van der Waals surface area contributed by atoms with Crippen LogP contribution in [0.25, 0.3) is 0 Å². The summed E-state index contributed by atoms with van der Waals surface area (Å²) in [4.78, 5) is 14.3. The minimum Gasteiger partial charge on any atom is -0.334 e. The summed E-state index contributed by atoms with van der Waals surface area (Å²) in [5.74, 6) is 0.917. The van der Waals surface area contributed by atoms with E-state index in [-0.39, 0.29) is 0 Å². The molecule has 1 saturated heterocycles. The van der Waals surface area contributed by atoms with Crippen molar-refractivity contribution in [3.63, 3.8) is 0 Å². The van der Waals surface area contributed by atoms with Gasteiger partial charge in [0.1, 0.15) is 0 Å². The van der Waals surface area contributed by atoms with Crippen molar-refractivity contribution in [3.8, 4) is 0 Å². The second-order valence-corrected chi connectivity index (χ2v) is 5.27. The summed E-state index contributed by atoms with van der Waals surface area (Å²) in [6.07, 6.45) is 6.63. The maximum absolute atomic E-state index is 10.6. The van der Waals surface area contributed by atoms with Crippen molar-refractivity contribution >= 4 is 6.41 Å². The fourth-order valence-corrected chi connectivity index (χ4v) is 3.13. The van der Waals surface area contributed by atoms with Crippen molar-refractivity contribution in [2.45, 2.75) is 38.6 Å². The Morgan fingerprint density at radius 2 is 2.00 bits per heavy atom. The number of hydrogen-bond donors (Lipinski definition) is 1. The maximum Gasteiger partial charge on any atom is 0.210 e. The summed E-state index contributed by atoms with van der Waals surface area (Å²) in [6.45, 7) is 6.63. The molecule has 3 nitrogen and oxygen atoms in total. The second-order valence-electron chi connectivity index (χ2n) is 5.27. The molecule has 2 rings (SSSR count). The highest BCUT2D eigenvalue weighted by atomic mass is 16.1. The lowest BCUT2D eigenvalue weighted by atomic mass is 9.86. The van der Waals surface area contributed by atoms with E-state index in [9.17, 15) is 4.79 Å². The van der Waals surface area contributed by atoms with E-state index in [1.54, 1.807) is 4.90 Å². The smallest absolute Gasteiger partial charge is 0.210 e. The third-order valence-corrected chi connectivity index (χ3v) is 4.10. The topological polar surface area (TPSA) is 24.8 Å². The van der Waals surface area contributed by atoms with E-state index in [4.69, 9.17) is 0 Å². The van der Waals surface area contributed by atoms with Crippen LogP contribution in [0.15, 0.2) is 0 Å². The molecule has 0 unspecified atom stereocenters. The number of piperazine rings is 1. The van der Waals surface area contributed by atoms with Gasteiger partial charge in [-0.15, -0.1) is 0 Å². The Hall–Kier alpha value is -0.570. The Balaban J connectivity index is 1.81. The fraction of sp³-hybridized carbons (Fsp3) is 0.917. The molecule has 1 saturated carbocycles. The first-order valence-corrected chi connectivity index (χ1v) is 6.33. The molecule has 0 aromatic carbocycles. The fourth-order valence-electron chi connectivity index (χ4n) is 3.13. The van der Waals surface area contributed by atoms with Gasteiger partial charge in [0, 0.05) is 6.42 Å². The highest BCUT2D eigenvalue weighted by Gasteiger charge is 2.30. The van der Waals surface area contributed by atoms with Gasteiger partial charge >= 0.3 is 0 Å². The summed E-state index contributed by atoms with van der Waals surface area (Å²) in [5, 5.41) is 0. The lowest BCUT2D eigenvalue weighted by molar-refractivity contribution is -0.930. The molecular formula is C12H23N2O+. The molecule has 1 heterocycles. The number of hydrogen-bond acceptors (Lipinski definition) is 1. The van der Waals surface area contributed by atoms with Gasteiger partial charge in [-0.2, -0.15) is 0 Å². The molecule has 86 valence electrons. The quantitative estimate of drug-likeness (QED) is 0.635. The van der Waals surface area contributed by atoms with Gasteiger partial charge in [-0.3, -0.25) is 4.79 Å². The van der Waals surface area contributed by atoms with Gasteiger partial charge in [0.05, 0.1) is 32.2 Å². The van der Waals surface area contributed by atoms with Crippen LogP contribution < -0.4 is 4.90 Å². The molecule has 2 fully saturated rings. The number of carbonyl (C=O) groups is 1. The zero-order valence-electron chi connectivity index (χ0n) is 9.74. The van der Waals surface area contributed by atoms with Crippen LogP contribution in [0.3, 0.4) is 0 Å². The van der Waals surface area contributed by atoms with Gasteiger partial charge < -0.3 is 9.80 Å². The van der Waals surface area contributed by atoms with Crippen molar-refractivity contribution in [1.29, 1.82) is 0 Å². The average Bonchev–Trinajstić information content (AvgIpc) is 2.29. The van der Waals surface area contributed by atoms with Crippen LogP contribution in [0.2, 0.25) is 0 Å². The van der Waals surface area contributed by atoms with Crippen LogP contribution in [0.5, 0.6) is 0 Å². The van der Waals surface area contributed by atoms with E-state index in [0.29, 0.717) is 0 Å². The molecular weight excluding hydrogens is 188 g/mol. The number of amides is 1. The number of nitrogens with one attached hydrogen (secondary N) is 1. The van der Waals surface area contributed by atoms with Crippen LogP contribution in [0.1, 0.15) is 32.6 Å². The first-order valence-electron chi connectivity index (χ1n) is 6.33. The molecule has 1 aliphatic heterocycles. The van der Waals surface area contributed by atoms with Gasteiger partial charge in [0.15, 0.2) is 0 Å². The van der Waals surface area contributed by atoms with E-state index >= 15 is 0 Å². The van der Waals surface area contributed by atoms with E-state index < -0.39 is 0 Å². The van der Waals surface area contributed by atoms with Crippen molar-refractivity contribution < 1.29 is 9.69 Å². The number of rotatable bonds is 2. The summed E-state index contributed by atoms with van der Waals surface area (Å²) >= 11 is 0. The third-order valence-electron chi connectivity index (χ3n) is 4.10. The molecule has 0 spiro atoms. The van der Waals surface area contributed by atoms with Gasteiger partial charge in [0.25, 0.3) is 0 Å². The summed E-state index contributed by atoms with van der Waals surface area (Å²) in [7, 11) is 0. The molecule has 0 radical (unpaired) electrons. The van der Waals surface area contributed by atoms with Crippen molar-refractivity contribution in [2.75, 3.05) is 26.2 Å². The molecule has 0 bridgehead atoms. The molecule has 15 heavy (non-hydrogen) atoms. The molecule has 2 aliphatic rings. The predicted octanol–water partition coefficient (Wildman–Crippen LogP) is -0.0780. The highest BCUT2D eigenvalue weighted by Crippen LogP contribution is 2.21. The standard InChI is InChI=1S/C12H22N2O/c1-11-3-2-4-12(9-11)14-7-5-13(10-15)6-8-14/h10-12H,2-9H2,1H3/p+1/t11-,12-/m1/s1. The normalized spacial score (nSPS) is 34.1. The molecule has 1 N–H and O–H groups in total. The summed E-state index contributed by atoms with van der Waals surface area (Å²) in [5.41, 5.74) is 0. The number of carbonyl (C=O) groups excluding carboxylic acids is 1. The molecule has 2 atom stereocenters. The van der Waals surface area contributed by atoms with E-state index in [2.05, 4.69) is 6.92 Å². The van der Waals surface area contributed by atoms with Crippen LogP contribution in [-0.4, -0.2) is 43.5 Å². The number of nitrogens with zero attached hydrogens (tertiary/aromatic N) is 1. The van der Waals surface area contributed by atoms with E-state index in [1.807, 2.05) is 4.90 Å². The first kappa shape index (κ1) is 10.9. The summed E-state index contributed by atoms with van der Waals surface area (Å²) in [6, 6.07) is 0.877. The van der Waals surface area contributed by atoms with Crippen LogP contribution in [0.4, 0.5) is 0 Å². The Labute approximate surface area is 92.4 Å². The van der Waals surface area contributed by atoms with Gasteiger partial charge in [0.2, 0.25) is 6.41 Å². The maximum atomic E-state index is 10.6. The number of quaternary nitrogens is 1. The van der Waals surface area contributed by atoms with Crippen molar-refractivity contribution in [1.82, 2.24) is 4.90 Å². The molecule has 0 aromatic rings. The summed E-state index contributed by atoms with van der Waals surface area (Å²) < 4.78 is 0. The largest absolute Gasteiger partial charge is 0.334 e. The van der Waals surface area contributed by atoms with E-state index in [1.165, 1.54) is 25.7 Å². The van der Waals surface area contributed by atoms with E-state index in [0.717, 1.165) is 44.5 Å². The minimum absolute atomic E-state index is 0.877. The SMILES string of the molecule is C[C@@H]1CCC[C@@H]([NH+]2CCN(C=O)CC2)C1. The molecule has 3 heteroatoms. The third kappa shape index (κ3) is 2.71. The molecule has 1 amide bonds. The first-order chi connectivity index (χ1) is 7.29. The Morgan fingerprint density at radius 1 is 1.27 bits per heavy atom. The van der Waals surface area contributed by atoms with Gasteiger partial charge in [-0.25, -0.2) is 0 Å². The zero-order valence-corrected chi connectivity index (χ0v) is 9.74. The molecule has 1 aliphatic carbocycles. The molecule has 0 aromatic heterocycles. The lowest BCUT2D eigenvalue weighted by Gasteiger charge is -2.38. The van der Waals surface area contributed by atoms with Crippen LogP contribution in [0, 0.1) is 5.92 Å². The van der Waals surface area contributed by atoms with Crippen molar-refractivity contribution in [3.05, 3.63) is 0 Å². The lowest BCUT2D eigenvalue weighted by Crippen LogP contribution is -3.18. The Bertz CT molecular complexity index is 212. The zero-order chi connectivity index (χ0) is 10.7. The van der Waals surface area contributed by atoms with Gasteiger partial charge in [-0.05, 0) is 18.8 Å². The monoisotopic (exact) mass is 211 g/mol. The van der Waals surface area contributed by atoms with Crippen molar-refractivity contribution in [2.24, 2.45) is 5.92 Å². The predicted molar refractivity (Wildman–Crippen MR) is 59.8 cm³/mol. The Kier molecular flexibility index (Phi) is 3.62. The average molecular weight is 211 g/mol. The highest BCUT2D eigenvalue weighted by molar-refractivity contribution is 5.46.